The van der Waals surface area contributed by atoms with E-state index in [2.05, 4.69) is 0 Å². The number of methoxy groups -OCH3 is 1. The number of nitrogens with zero attached hydrogens (tertiary/aromatic N) is 2. The van der Waals surface area contributed by atoms with Gasteiger partial charge in [0.2, 0.25) is 0 Å². The lowest BCUT2D eigenvalue weighted by molar-refractivity contribution is -0.153. The van der Waals surface area contributed by atoms with E-state index in [0.717, 1.165) is 0 Å². The van der Waals surface area contributed by atoms with Gasteiger partial charge in [0.05, 0.1) is 7.11 Å². The number of aliphatic carboxylic acids is 1. The number of piperazine rings is 1. The minimum Gasteiger partial charge on any atom is -0.493 e. The van der Waals surface area contributed by atoms with Gasteiger partial charge in [0.15, 0.2) is 17.1 Å². The first-order valence-electron chi connectivity index (χ1n) is 7.80. The van der Waals surface area contributed by atoms with Crippen LogP contribution in [0.4, 0.5) is 0 Å². The van der Waals surface area contributed by atoms with E-state index >= 15 is 0 Å². The topological polar surface area (TPSA) is 79.3 Å². The molecule has 1 aliphatic heterocycles. The van der Waals surface area contributed by atoms with Crippen molar-refractivity contribution in [3.05, 3.63) is 24.3 Å². The van der Waals surface area contributed by atoms with Gasteiger partial charge in [-0.2, -0.15) is 0 Å². The van der Waals surface area contributed by atoms with E-state index in [4.69, 9.17) is 9.47 Å². The molecule has 1 aliphatic rings. The molecule has 7 heteroatoms. The van der Waals surface area contributed by atoms with Crippen molar-refractivity contribution in [2.45, 2.75) is 25.5 Å². The summed E-state index contributed by atoms with van der Waals surface area (Å²) < 4.78 is 11.1. The number of carboxylic acid groups (broad SMARTS) is 1. The van der Waals surface area contributed by atoms with Crippen molar-refractivity contribution in [2.75, 3.05) is 33.8 Å². The molecule has 7 nitrogen and oxygen atoms in total. The highest BCUT2D eigenvalue weighted by atomic mass is 16.5. The van der Waals surface area contributed by atoms with E-state index in [1.165, 1.54) is 7.11 Å². The molecule has 0 saturated carbocycles. The van der Waals surface area contributed by atoms with Crippen LogP contribution in [-0.4, -0.2) is 72.2 Å². The molecule has 1 atom stereocenters. The highest BCUT2D eigenvalue weighted by Crippen LogP contribution is 2.30. The number of hydrogen-bond acceptors (Lipinski definition) is 5. The Hall–Kier alpha value is -2.28. The Kier molecular flexibility index (Phi) is 5.33. The lowest BCUT2D eigenvalue weighted by Crippen LogP contribution is -2.60. The summed E-state index contributed by atoms with van der Waals surface area (Å²) in [5.74, 6) is -0.159. The van der Waals surface area contributed by atoms with Gasteiger partial charge in [0.1, 0.15) is 6.04 Å². The number of ether oxygens (including phenoxy) is 2. The number of amides is 1. The van der Waals surface area contributed by atoms with Crippen LogP contribution in [0.15, 0.2) is 24.3 Å². The first kappa shape index (κ1) is 18.1. The Labute approximate surface area is 141 Å². The number of para-hydroxylation sites is 2. The Morgan fingerprint density at radius 1 is 1.21 bits per heavy atom. The van der Waals surface area contributed by atoms with Crippen molar-refractivity contribution in [3.63, 3.8) is 0 Å². The predicted molar refractivity (Wildman–Crippen MR) is 88.3 cm³/mol. The molecule has 1 N–H and O–H groups in total. The Morgan fingerprint density at radius 3 is 2.42 bits per heavy atom. The van der Waals surface area contributed by atoms with Gasteiger partial charge < -0.3 is 19.5 Å². The molecule has 1 amide bonds. The minimum atomic E-state index is -1.13. The van der Waals surface area contributed by atoms with Crippen LogP contribution in [0.1, 0.15) is 13.8 Å². The van der Waals surface area contributed by atoms with Gasteiger partial charge in [-0.1, -0.05) is 12.1 Å². The predicted octanol–water partition coefficient (Wildman–Crippen LogP) is 1.08. The van der Waals surface area contributed by atoms with E-state index < -0.39 is 17.6 Å². The van der Waals surface area contributed by atoms with Crippen LogP contribution in [-0.2, 0) is 9.59 Å². The van der Waals surface area contributed by atoms with Gasteiger partial charge in [-0.15, -0.1) is 0 Å². The van der Waals surface area contributed by atoms with Crippen LogP contribution in [0.3, 0.4) is 0 Å². The summed E-state index contributed by atoms with van der Waals surface area (Å²) in [5.41, 5.74) is -1.13. The monoisotopic (exact) mass is 336 g/mol. The van der Waals surface area contributed by atoms with Crippen molar-refractivity contribution in [1.82, 2.24) is 9.80 Å². The third-order valence-corrected chi connectivity index (χ3v) is 4.17. The standard InChI is InChI=1S/C17H24N2O5/c1-17(2,24-14-8-6-5-7-13(14)23-4)16(22)19-10-9-18(3)12(11-19)15(20)21/h5-8,12H,9-11H2,1-4H3,(H,20,21)/t12-/m0/s1. The lowest BCUT2D eigenvalue weighted by Gasteiger charge is -2.40. The molecule has 0 aromatic heterocycles. The molecule has 0 unspecified atom stereocenters. The van der Waals surface area contributed by atoms with Crippen LogP contribution >= 0.6 is 0 Å². The quantitative estimate of drug-likeness (QED) is 0.867. The molecule has 0 radical (unpaired) electrons. The number of likely N-dealkylation sites (N-methyl/N-ethyl adjacent to an activating group) is 1. The fourth-order valence-corrected chi connectivity index (χ4v) is 2.73. The fourth-order valence-electron chi connectivity index (χ4n) is 2.73. The molecule has 2 rings (SSSR count). The number of carbonyl (C=O) groups is 2. The maximum Gasteiger partial charge on any atom is 0.322 e. The zero-order chi connectivity index (χ0) is 17.9. The second-order valence-corrected chi connectivity index (χ2v) is 6.35. The highest BCUT2D eigenvalue weighted by molar-refractivity contribution is 5.86. The van der Waals surface area contributed by atoms with Gasteiger partial charge in [-0.05, 0) is 33.0 Å². The SMILES string of the molecule is COc1ccccc1OC(C)(C)C(=O)N1CCN(C)[C@H](C(=O)O)C1. The molecule has 0 spiro atoms. The zero-order valence-corrected chi connectivity index (χ0v) is 14.5. The molecule has 0 bridgehead atoms. The number of carboxylic acids is 1. The van der Waals surface area contributed by atoms with Crippen LogP contribution in [0.5, 0.6) is 11.5 Å². The molecule has 1 heterocycles. The van der Waals surface area contributed by atoms with Gasteiger partial charge >= 0.3 is 5.97 Å². The zero-order valence-electron chi connectivity index (χ0n) is 14.5. The van der Waals surface area contributed by atoms with E-state index in [0.29, 0.717) is 24.6 Å². The van der Waals surface area contributed by atoms with Crippen molar-refractivity contribution in [2.24, 2.45) is 0 Å². The summed E-state index contributed by atoms with van der Waals surface area (Å²) in [6.45, 7) is 4.47. The third kappa shape index (κ3) is 3.79. The van der Waals surface area contributed by atoms with E-state index in [1.807, 2.05) is 6.07 Å². The molecular formula is C17H24N2O5. The molecule has 1 aromatic rings. The molecule has 1 fully saturated rings. The van der Waals surface area contributed by atoms with E-state index in [-0.39, 0.29) is 12.5 Å². The fraction of sp³-hybridized carbons (Fsp3) is 0.529. The van der Waals surface area contributed by atoms with E-state index in [1.54, 1.807) is 48.9 Å². The number of benzene rings is 1. The average Bonchev–Trinajstić information content (AvgIpc) is 2.54. The number of rotatable bonds is 5. The minimum absolute atomic E-state index is 0.142. The summed E-state index contributed by atoms with van der Waals surface area (Å²) in [5, 5.41) is 9.29. The summed E-state index contributed by atoms with van der Waals surface area (Å²) in [7, 11) is 3.28. The first-order chi connectivity index (χ1) is 11.3. The smallest absolute Gasteiger partial charge is 0.322 e. The summed E-state index contributed by atoms with van der Waals surface area (Å²) in [6.07, 6.45) is 0. The largest absolute Gasteiger partial charge is 0.493 e. The van der Waals surface area contributed by atoms with Crippen molar-refractivity contribution < 1.29 is 24.2 Å². The molecule has 0 aliphatic carbocycles. The average molecular weight is 336 g/mol. The van der Waals surface area contributed by atoms with Crippen molar-refractivity contribution in [3.8, 4) is 11.5 Å². The molecule has 132 valence electrons. The third-order valence-electron chi connectivity index (χ3n) is 4.17. The number of hydrogen-bond donors (Lipinski definition) is 1. The van der Waals surface area contributed by atoms with Crippen LogP contribution in [0, 0.1) is 0 Å². The molecule has 24 heavy (non-hydrogen) atoms. The molecule has 1 aromatic carbocycles. The molecule has 1 saturated heterocycles. The van der Waals surface area contributed by atoms with Gasteiger partial charge in [0.25, 0.3) is 5.91 Å². The second kappa shape index (κ2) is 7.09. The Morgan fingerprint density at radius 2 is 1.83 bits per heavy atom. The summed E-state index contributed by atoms with van der Waals surface area (Å²) in [6, 6.07) is 6.40. The summed E-state index contributed by atoms with van der Waals surface area (Å²) in [4.78, 5) is 27.5. The maximum absolute atomic E-state index is 12.8. The van der Waals surface area contributed by atoms with Gasteiger partial charge in [-0.3, -0.25) is 14.5 Å². The highest BCUT2D eigenvalue weighted by Gasteiger charge is 2.39. The normalized spacial score (nSPS) is 19.0. The van der Waals surface area contributed by atoms with Crippen LogP contribution in [0.25, 0.3) is 0 Å². The van der Waals surface area contributed by atoms with E-state index in [9.17, 15) is 14.7 Å². The van der Waals surface area contributed by atoms with Gasteiger partial charge in [0, 0.05) is 19.6 Å². The summed E-state index contributed by atoms with van der Waals surface area (Å²) >= 11 is 0. The lowest BCUT2D eigenvalue weighted by atomic mass is 10.1. The molecular weight excluding hydrogens is 312 g/mol. The Bertz CT molecular complexity index is 617. The van der Waals surface area contributed by atoms with Crippen LogP contribution < -0.4 is 9.47 Å². The maximum atomic E-state index is 12.8. The second-order valence-electron chi connectivity index (χ2n) is 6.35. The number of carbonyl (C=O) groups excluding carboxylic acids is 1. The van der Waals surface area contributed by atoms with Crippen molar-refractivity contribution >= 4 is 11.9 Å². The van der Waals surface area contributed by atoms with Crippen LogP contribution in [0.2, 0.25) is 0 Å². The van der Waals surface area contributed by atoms with Gasteiger partial charge in [-0.25, -0.2) is 0 Å². The Balaban J connectivity index is 2.13. The first-order valence-corrected chi connectivity index (χ1v) is 7.80. The van der Waals surface area contributed by atoms with Crippen molar-refractivity contribution in [1.29, 1.82) is 0 Å².